The summed E-state index contributed by atoms with van der Waals surface area (Å²) < 4.78 is 31.1. The summed E-state index contributed by atoms with van der Waals surface area (Å²) in [6, 6.07) is 27.1. The number of thiazole rings is 1. The average molecular weight is 515 g/mol. The minimum absolute atomic E-state index is 0.123. The third-order valence-electron chi connectivity index (χ3n) is 5.72. The lowest BCUT2D eigenvalue weighted by Crippen LogP contribution is -2.14. The fourth-order valence-electron chi connectivity index (χ4n) is 3.97. The van der Waals surface area contributed by atoms with E-state index in [4.69, 9.17) is 9.72 Å². The van der Waals surface area contributed by atoms with Crippen LogP contribution in [0.3, 0.4) is 0 Å². The number of rotatable bonds is 6. The average Bonchev–Trinajstić information content (AvgIpc) is 3.32. The summed E-state index contributed by atoms with van der Waals surface area (Å²) in [5.41, 5.74) is 3.85. The topological polar surface area (TPSA) is 85.4 Å². The first-order valence-electron chi connectivity index (χ1n) is 11.1. The number of carbonyl (C=O) groups excluding carboxylic acids is 1. The van der Waals surface area contributed by atoms with Crippen LogP contribution in [0.5, 0.6) is 5.75 Å². The molecular weight excluding hydrogens is 492 g/mol. The Bertz CT molecular complexity index is 1680. The summed E-state index contributed by atoms with van der Waals surface area (Å²) in [4.78, 5) is 18.3. The van der Waals surface area contributed by atoms with Gasteiger partial charge in [0.2, 0.25) is 0 Å². The number of methoxy groups -OCH3 is 1. The molecule has 1 aromatic heterocycles. The Morgan fingerprint density at radius 1 is 0.889 bits per heavy atom. The molecule has 180 valence electrons. The number of carbonyl (C=O) groups is 1. The zero-order valence-corrected chi connectivity index (χ0v) is 21.2. The van der Waals surface area contributed by atoms with E-state index in [1.807, 2.05) is 60.7 Å². The van der Waals surface area contributed by atoms with E-state index in [1.165, 1.54) is 25.3 Å². The molecule has 36 heavy (non-hydrogen) atoms. The molecule has 8 heteroatoms. The van der Waals surface area contributed by atoms with Crippen LogP contribution in [0.1, 0.15) is 10.4 Å². The van der Waals surface area contributed by atoms with Gasteiger partial charge < -0.3 is 10.1 Å². The fourth-order valence-corrected chi connectivity index (χ4v) is 5.58. The Hall–Kier alpha value is -4.01. The minimum atomic E-state index is -3.48. The van der Waals surface area contributed by atoms with Gasteiger partial charge in [0, 0.05) is 28.6 Å². The summed E-state index contributed by atoms with van der Waals surface area (Å²) in [5.74, 6) is 0.174. The Kier molecular flexibility index (Phi) is 6.30. The number of aromatic nitrogens is 1. The van der Waals surface area contributed by atoms with Crippen LogP contribution in [0.4, 0.5) is 5.69 Å². The van der Waals surface area contributed by atoms with Gasteiger partial charge in [0.25, 0.3) is 5.91 Å². The number of anilines is 1. The van der Waals surface area contributed by atoms with Gasteiger partial charge in [-0.2, -0.15) is 0 Å². The van der Waals surface area contributed by atoms with Crippen molar-refractivity contribution in [2.45, 2.75) is 4.90 Å². The number of sulfone groups is 1. The molecule has 0 radical (unpaired) electrons. The summed E-state index contributed by atoms with van der Waals surface area (Å²) in [7, 11) is -1.95. The predicted molar refractivity (Wildman–Crippen MR) is 145 cm³/mol. The predicted octanol–water partition coefficient (Wildman–Crippen LogP) is 6.29. The van der Waals surface area contributed by atoms with Crippen LogP contribution in [0.2, 0.25) is 0 Å². The highest BCUT2D eigenvalue weighted by Gasteiger charge is 2.19. The molecule has 0 saturated heterocycles. The van der Waals surface area contributed by atoms with Crippen LogP contribution >= 0.6 is 11.3 Å². The van der Waals surface area contributed by atoms with Crippen LogP contribution < -0.4 is 10.1 Å². The summed E-state index contributed by atoms with van der Waals surface area (Å²) >= 11 is 1.59. The van der Waals surface area contributed by atoms with E-state index in [-0.39, 0.29) is 10.8 Å². The van der Waals surface area contributed by atoms with Gasteiger partial charge in [0.1, 0.15) is 10.8 Å². The highest BCUT2D eigenvalue weighted by atomic mass is 32.2. The molecule has 0 atom stereocenters. The van der Waals surface area contributed by atoms with Gasteiger partial charge in [-0.05, 0) is 54.1 Å². The second-order valence-electron chi connectivity index (χ2n) is 8.20. The first-order chi connectivity index (χ1) is 17.3. The van der Waals surface area contributed by atoms with E-state index in [0.717, 1.165) is 27.0 Å². The largest absolute Gasteiger partial charge is 0.496 e. The number of fused-ring (bicyclic) bond motifs is 1. The fraction of sp³-hybridized carbons (Fsp3) is 0.0714. The minimum Gasteiger partial charge on any atom is -0.496 e. The van der Waals surface area contributed by atoms with Gasteiger partial charge >= 0.3 is 0 Å². The van der Waals surface area contributed by atoms with E-state index < -0.39 is 9.84 Å². The number of hydrogen-bond donors (Lipinski definition) is 1. The van der Waals surface area contributed by atoms with E-state index in [0.29, 0.717) is 28.1 Å². The number of nitrogens with one attached hydrogen (secondary N) is 1. The Morgan fingerprint density at radius 3 is 2.44 bits per heavy atom. The zero-order valence-electron chi connectivity index (χ0n) is 19.6. The number of benzene rings is 4. The van der Waals surface area contributed by atoms with E-state index >= 15 is 0 Å². The number of amides is 1. The highest BCUT2D eigenvalue weighted by Crippen LogP contribution is 2.35. The molecule has 1 N–H and O–H groups in total. The van der Waals surface area contributed by atoms with Crippen molar-refractivity contribution < 1.29 is 17.9 Å². The molecule has 6 nitrogen and oxygen atoms in total. The smallest absolute Gasteiger partial charge is 0.256 e. The Balaban J connectivity index is 1.52. The lowest BCUT2D eigenvalue weighted by atomic mass is 9.98. The normalized spacial score (nSPS) is 11.4. The second-order valence-corrected chi connectivity index (χ2v) is 11.2. The molecule has 0 aliphatic rings. The van der Waals surface area contributed by atoms with Crippen molar-refractivity contribution in [1.29, 1.82) is 0 Å². The second kappa shape index (κ2) is 9.56. The molecule has 0 unspecified atom stereocenters. The van der Waals surface area contributed by atoms with Gasteiger partial charge in [-0.1, -0.05) is 42.5 Å². The van der Waals surface area contributed by atoms with Crippen molar-refractivity contribution in [2.24, 2.45) is 0 Å². The molecular formula is C28H22N2O4S2. The van der Waals surface area contributed by atoms with Gasteiger partial charge in [-0.3, -0.25) is 4.79 Å². The van der Waals surface area contributed by atoms with Crippen molar-refractivity contribution >= 4 is 43.0 Å². The number of ether oxygens (including phenoxy) is 1. The number of nitrogens with zero attached hydrogens (tertiary/aromatic N) is 1. The van der Waals surface area contributed by atoms with Gasteiger partial charge in [-0.25, -0.2) is 13.4 Å². The lowest BCUT2D eigenvalue weighted by molar-refractivity contribution is 0.102. The van der Waals surface area contributed by atoms with Crippen molar-refractivity contribution in [1.82, 2.24) is 4.98 Å². The molecule has 0 aliphatic carbocycles. The summed E-state index contributed by atoms with van der Waals surface area (Å²) in [6.07, 6.45) is 1.14. The van der Waals surface area contributed by atoms with Gasteiger partial charge in [0.15, 0.2) is 9.84 Å². The number of hydrogen-bond acceptors (Lipinski definition) is 6. The SMILES string of the molecule is COc1ccccc1-c1cc(S(C)(=O)=O)ccc1C(=O)Nc1cccc(-c2nc3ccccc3s2)c1. The molecule has 0 bridgehead atoms. The molecule has 1 heterocycles. The third kappa shape index (κ3) is 4.73. The first kappa shape index (κ1) is 23.7. The summed E-state index contributed by atoms with van der Waals surface area (Å²) in [5, 5.41) is 3.82. The maximum absolute atomic E-state index is 13.4. The maximum atomic E-state index is 13.4. The van der Waals surface area contributed by atoms with E-state index in [2.05, 4.69) is 5.32 Å². The molecule has 0 aliphatic heterocycles. The van der Waals surface area contributed by atoms with E-state index in [1.54, 1.807) is 23.5 Å². The molecule has 1 amide bonds. The standard InChI is InChI=1S/C28H22N2O4S2/c1-34-25-12-5-3-10-21(25)23-17-20(36(2,32)33)14-15-22(23)27(31)29-19-9-7-8-18(16-19)28-30-24-11-4-6-13-26(24)35-28/h3-17H,1-2H3,(H,29,31). The van der Waals surface area contributed by atoms with Crippen molar-refractivity contribution in [3.63, 3.8) is 0 Å². The van der Waals surface area contributed by atoms with Crippen molar-refractivity contribution in [2.75, 3.05) is 18.7 Å². The lowest BCUT2D eigenvalue weighted by Gasteiger charge is -2.15. The van der Waals surface area contributed by atoms with Crippen molar-refractivity contribution in [3.8, 4) is 27.4 Å². The Morgan fingerprint density at radius 2 is 1.67 bits per heavy atom. The molecule has 0 saturated carbocycles. The Labute approximate surface area is 213 Å². The van der Waals surface area contributed by atoms with Crippen LogP contribution in [-0.2, 0) is 9.84 Å². The van der Waals surface area contributed by atoms with Gasteiger partial charge in [-0.15, -0.1) is 11.3 Å². The molecule has 0 spiro atoms. The van der Waals surface area contributed by atoms with E-state index in [9.17, 15) is 13.2 Å². The van der Waals surface area contributed by atoms with Crippen LogP contribution in [0.25, 0.3) is 31.9 Å². The van der Waals surface area contributed by atoms with Crippen molar-refractivity contribution in [3.05, 3.63) is 96.6 Å². The maximum Gasteiger partial charge on any atom is 0.256 e. The molecule has 4 aromatic carbocycles. The third-order valence-corrected chi connectivity index (χ3v) is 7.92. The molecule has 5 aromatic rings. The van der Waals surface area contributed by atoms with Crippen LogP contribution in [0, 0.1) is 0 Å². The number of para-hydroxylation sites is 2. The quantitative estimate of drug-likeness (QED) is 0.288. The molecule has 5 rings (SSSR count). The summed E-state index contributed by atoms with van der Waals surface area (Å²) in [6.45, 7) is 0. The molecule has 0 fully saturated rings. The highest BCUT2D eigenvalue weighted by molar-refractivity contribution is 7.90. The van der Waals surface area contributed by atoms with Crippen LogP contribution in [0.15, 0.2) is 95.9 Å². The monoisotopic (exact) mass is 514 g/mol. The van der Waals surface area contributed by atoms with Crippen LogP contribution in [-0.4, -0.2) is 32.7 Å². The zero-order chi connectivity index (χ0) is 25.3. The van der Waals surface area contributed by atoms with Gasteiger partial charge in [0.05, 0.1) is 22.2 Å². The first-order valence-corrected chi connectivity index (χ1v) is 13.8.